The normalized spacial score (nSPS) is 16.5. The van der Waals surface area contributed by atoms with Crippen LogP contribution in [0, 0.1) is 0 Å². The maximum absolute atomic E-state index is 6.05. The number of fused-ring (bicyclic) bond motifs is 1. The molecule has 1 N–H and O–H groups in total. The Bertz CT molecular complexity index is 638. The summed E-state index contributed by atoms with van der Waals surface area (Å²) in [5, 5.41) is 3.57. The first-order chi connectivity index (χ1) is 10.6. The van der Waals surface area contributed by atoms with Gasteiger partial charge in [0.25, 0.3) is 0 Å². The van der Waals surface area contributed by atoms with Crippen molar-refractivity contribution < 1.29 is 4.74 Å². The second-order valence-corrected chi connectivity index (χ2v) is 5.98. The maximum Gasteiger partial charge on any atom is 0.226 e. The van der Waals surface area contributed by atoms with Crippen LogP contribution in [0.5, 0.6) is 0 Å². The molecule has 1 saturated heterocycles. The van der Waals surface area contributed by atoms with Gasteiger partial charge in [0, 0.05) is 32.2 Å². The molecule has 3 rings (SSSR count). The van der Waals surface area contributed by atoms with Gasteiger partial charge in [-0.2, -0.15) is 9.97 Å². The lowest BCUT2D eigenvalue weighted by atomic mass is 10.4. The first-order valence-electron chi connectivity index (χ1n) is 7.59. The SMILES string of the molecule is CC(C)n1cnc2c(NCCN3CCOCC3)nc(Cl)nc21. The summed E-state index contributed by atoms with van der Waals surface area (Å²) >= 11 is 6.05. The van der Waals surface area contributed by atoms with Crippen molar-refractivity contribution in [3.05, 3.63) is 11.6 Å². The average molecular weight is 325 g/mol. The zero-order valence-electron chi connectivity index (χ0n) is 12.9. The summed E-state index contributed by atoms with van der Waals surface area (Å²) in [4.78, 5) is 15.4. The third-order valence-corrected chi connectivity index (χ3v) is 3.94. The molecule has 0 saturated carbocycles. The first-order valence-corrected chi connectivity index (χ1v) is 7.97. The molecule has 0 spiro atoms. The zero-order chi connectivity index (χ0) is 15.5. The molecule has 8 heteroatoms. The molecular formula is C14H21ClN6O. The number of nitrogens with one attached hydrogen (secondary N) is 1. The maximum atomic E-state index is 6.05. The van der Waals surface area contributed by atoms with Crippen LogP contribution in [-0.4, -0.2) is 63.8 Å². The highest BCUT2D eigenvalue weighted by molar-refractivity contribution is 6.28. The third-order valence-electron chi connectivity index (χ3n) is 3.77. The van der Waals surface area contributed by atoms with Crippen LogP contribution >= 0.6 is 11.6 Å². The third kappa shape index (κ3) is 3.31. The summed E-state index contributed by atoms with van der Waals surface area (Å²) in [5.74, 6) is 0.697. The van der Waals surface area contributed by atoms with Gasteiger partial charge >= 0.3 is 0 Å². The van der Waals surface area contributed by atoms with E-state index in [2.05, 4.69) is 39.0 Å². The van der Waals surface area contributed by atoms with Crippen LogP contribution in [-0.2, 0) is 4.74 Å². The Hall–Kier alpha value is -1.44. The van der Waals surface area contributed by atoms with Crippen molar-refractivity contribution in [3.63, 3.8) is 0 Å². The molecule has 1 fully saturated rings. The first kappa shape index (κ1) is 15.5. The van der Waals surface area contributed by atoms with E-state index in [-0.39, 0.29) is 11.3 Å². The number of ether oxygens (including phenoxy) is 1. The summed E-state index contributed by atoms with van der Waals surface area (Å²) in [6.07, 6.45) is 1.79. The molecule has 0 aliphatic carbocycles. The largest absolute Gasteiger partial charge is 0.379 e. The lowest BCUT2D eigenvalue weighted by Crippen LogP contribution is -2.39. The predicted molar refractivity (Wildman–Crippen MR) is 86.5 cm³/mol. The molecule has 1 aliphatic rings. The molecule has 1 aliphatic heterocycles. The van der Waals surface area contributed by atoms with Gasteiger partial charge in [-0.15, -0.1) is 0 Å². The van der Waals surface area contributed by atoms with E-state index in [4.69, 9.17) is 16.3 Å². The Morgan fingerprint density at radius 3 is 2.82 bits per heavy atom. The fraction of sp³-hybridized carbons (Fsp3) is 0.643. The molecule has 2 aromatic heterocycles. The van der Waals surface area contributed by atoms with Gasteiger partial charge in [-0.25, -0.2) is 4.98 Å². The van der Waals surface area contributed by atoms with Crippen molar-refractivity contribution in [2.45, 2.75) is 19.9 Å². The molecular weight excluding hydrogens is 304 g/mol. The van der Waals surface area contributed by atoms with Crippen molar-refractivity contribution in [2.75, 3.05) is 44.7 Å². The highest BCUT2D eigenvalue weighted by Crippen LogP contribution is 2.23. The van der Waals surface area contributed by atoms with E-state index in [0.717, 1.165) is 50.6 Å². The van der Waals surface area contributed by atoms with Crippen LogP contribution in [0.25, 0.3) is 11.2 Å². The lowest BCUT2D eigenvalue weighted by molar-refractivity contribution is 0.0398. The van der Waals surface area contributed by atoms with Crippen LogP contribution in [0.15, 0.2) is 6.33 Å². The van der Waals surface area contributed by atoms with Gasteiger partial charge < -0.3 is 14.6 Å². The minimum atomic E-state index is 0.240. The molecule has 0 aromatic carbocycles. The van der Waals surface area contributed by atoms with E-state index < -0.39 is 0 Å². The van der Waals surface area contributed by atoms with Crippen LogP contribution in [0.1, 0.15) is 19.9 Å². The quantitative estimate of drug-likeness (QED) is 0.846. The Morgan fingerprint density at radius 2 is 2.09 bits per heavy atom. The summed E-state index contributed by atoms with van der Waals surface area (Å²) in [6, 6.07) is 0.275. The number of imidazole rings is 1. The number of hydrogen-bond donors (Lipinski definition) is 1. The van der Waals surface area contributed by atoms with Gasteiger partial charge in [-0.1, -0.05) is 0 Å². The Labute approximate surface area is 134 Å². The highest BCUT2D eigenvalue weighted by Gasteiger charge is 2.15. The molecule has 0 unspecified atom stereocenters. The van der Waals surface area contributed by atoms with E-state index >= 15 is 0 Å². The molecule has 7 nitrogen and oxygen atoms in total. The molecule has 0 amide bonds. The van der Waals surface area contributed by atoms with Gasteiger partial charge in [-0.3, -0.25) is 4.90 Å². The minimum absolute atomic E-state index is 0.240. The van der Waals surface area contributed by atoms with E-state index in [1.54, 1.807) is 6.33 Å². The smallest absolute Gasteiger partial charge is 0.226 e. The van der Waals surface area contributed by atoms with E-state index in [0.29, 0.717) is 5.82 Å². The number of aromatic nitrogens is 4. The van der Waals surface area contributed by atoms with Crippen LogP contribution in [0.2, 0.25) is 5.28 Å². The molecule has 22 heavy (non-hydrogen) atoms. The topological polar surface area (TPSA) is 68.1 Å². The molecule has 0 radical (unpaired) electrons. The molecule has 3 heterocycles. The number of halogens is 1. The molecule has 2 aromatic rings. The Morgan fingerprint density at radius 1 is 1.32 bits per heavy atom. The number of hydrogen-bond acceptors (Lipinski definition) is 6. The summed E-state index contributed by atoms with van der Waals surface area (Å²) < 4.78 is 7.35. The van der Waals surface area contributed by atoms with E-state index in [9.17, 15) is 0 Å². The van der Waals surface area contributed by atoms with E-state index in [1.807, 2.05) is 4.57 Å². The molecule has 120 valence electrons. The molecule has 0 bridgehead atoms. The zero-order valence-corrected chi connectivity index (χ0v) is 13.7. The van der Waals surface area contributed by atoms with Crippen molar-refractivity contribution >= 4 is 28.6 Å². The van der Waals surface area contributed by atoms with Crippen LogP contribution < -0.4 is 5.32 Å². The minimum Gasteiger partial charge on any atom is -0.379 e. The standard InChI is InChI=1S/C14H21ClN6O/c1-10(2)21-9-17-11-12(18-14(15)19-13(11)21)16-3-4-20-5-7-22-8-6-20/h9-10H,3-8H2,1-2H3,(H,16,18,19). The van der Waals surface area contributed by atoms with Gasteiger partial charge in [0.05, 0.1) is 19.5 Å². The van der Waals surface area contributed by atoms with Gasteiger partial charge in [0.15, 0.2) is 17.0 Å². The second-order valence-electron chi connectivity index (χ2n) is 5.64. The van der Waals surface area contributed by atoms with Crippen LogP contribution in [0.4, 0.5) is 5.82 Å². The number of nitrogens with zero attached hydrogens (tertiary/aromatic N) is 5. The van der Waals surface area contributed by atoms with E-state index in [1.165, 1.54) is 0 Å². The summed E-state index contributed by atoms with van der Waals surface area (Å²) in [7, 11) is 0. The number of anilines is 1. The van der Waals surface area contributed by atoms with Gasteiger partial charge in [0.1, 0.15) is 0 Å². The second kappa shape index (κ2) is 6.76. The van der Waals surface area contributed by atoms with Crippen molar-refractivity contribution in [1.82, 2.24) is 24.4 Å². The van der Waals surface area contributed by atoms with Gasteiger partial charge in [-0.05, 0) is 25.4 Å². The Kier molecular flexibility index (Phi) is 4.75. The van der Waals surface area contributed by atoms with Crippen molar-refractivity contribution in [1.29, 1.82) is 0 Å². The fourth-order valence-electron chi connectivity index (χ4n) is 2.55. The predicted octanol–water partition coefficient (Wildman–Crippen LogP) is 1.80. The number of morpholine rings is 1. The fourth-order valence-corrected chi connectivity index (χ4v) is 2.71. The van der Waals surface area contributed by atoms with Gasteiger partial charge in [0.2, 0.25) is 5.28 Å². The monoisotopic (exact) mass is 324 g/mol. The molecule has 0 atom stereocenters. The average Bonchev–Trinajstić information content (AvgIpc) is 2.92. The number of rotatable bonds is 5. The lowest BCUT2D eigenvalue weighted by Gasteiger charge is -2.26. The van der Waals surface area contributed by atoms with Crippen molar-refractivity contribution in [3.8, 4) is 0 Å². The highest BCUT2D eigenvalue weighted by atomic mass is 35.5. The Balaban J connectivity index is 1.72. The van der Waals surface area contributed by atoms with Crippen molar-refractivity contribution in [2.24, 2.45) is 0 Å². The summed E-state index contributed by atoms with van der Waals surface area (Å²) in [6.45, 7) is 9.47. The summed E-state index contributed by atoms with van der Waals surface area (Å²) in [5.41, 5.74) is 1.53. The van der Waals surface area contributed by atoms with Crippen LogP contribution in [0.3, 0.4) is 0 Å².